The Morgan fingerprint density at radius 3 is 2.54 bits per heavy atom. The summed E-state index contributed by atoms with van der Waals surface area (Å²) in [5, 5.41) is 0. The number of fused-ring (bicyclic) bond motifs is 1. The van der Waals surface area contributed by atoms with Crippen LogP contribution in [0, 0.1) is 0 Å². The number of aliphatic imine (C=N–C) groups is 1. The quantitative estimate of drug-likeness (QED) is 0.534. The Hall–Kier alpha value is -2.36. The molecule has 0 unspecified atom stereocenters. The van der Waals surface area contributed by atoms with E-state index < -0.39 is 5.97 Å². The molecule has 0 saturated heterocycles. The van der Waals surface area contributed by atoms with Gasteiger partial charge in [-0.05, 0) is 53.4 Å². The summed E-state index contributed by atoms with van der Waals surface area (Å²) in [7, 11) is 0. The normalized spacial score (nSPS) is 17.9. The lowest BCUT2D eigenvalue weighted by Gasteiger charge is -2.42. The molecule has 4 nitrogen and oxygen atoms in total. The van der Waals surface area contributed by atoms with Crippen LogP contribution in [0.15, 0.2) is 39.9 Å². The highest BCUT2D eigenvalue weighted by Crippen LogP contribution is 2.45. The number of benzene rings is 1. The van der Waals surface area contributed by atoms with Gasteiger partial charge in [0, 0.05) is 12.3 Å². The van der Waals surface area contributed by atoms with Gasteiger partial charge in [-0.1, -0.05) is 39.8 Å². The highest BCUT2D eigenvalue weighted by atomic mass is 16.5. The van der Waals surface area contributed by atoms with Gasteiger partial charge in [0.1, 0.15) is 11.8 Å². The van der Waals surface area contributed by atoms with Gasteiger partial charge in [0.2, 0.25) is 5.88 Å². The van der Waals surface area contributed by atoms with E-state index in [0.717, 1.165) is 5.56 Å². The van der Waals surface area contributed by atoms with E-state index in [-0.39, 0.29) is 10.8 Å². The maximum atomic E-state index is 11.7. The SMILES string of the molecule is CCOC(=O)c1coc(N=Cc2ccc3c(c2)C(C)(C)CCC3(C)C)c1. The third kappa shape index (κ3) is 3.59. The third-order valence-electron chi connectivity index (χ3n) is 5.31. The molecule has 4 heteroatoms. The number of hydrogen-bond donors (Lipinski definition) is 0. The van der Waals surface area contributed by atoms with Crippen LogP contribution in [0.25, 0.3) is 0 Å². The number of furan rings is 1. The molecular weight excluding hydrogens is 326 g/mol. The van der Waals surface area contributed by atoms with Crippen LogP contribution in [-0.4, -0.2) is 18.8 Å². The minimum atomic E-state index is -0.393. The molecule has 0 aliphatic heterocycles. The molecule has 138 valence electrons. The summed E-state index contributed by atoms with van der Waals surface area (Å²) in [6.45, 7) is 11.4. The molecule has 0 N–H and O–H groups in total. The van der Waals surface area contributed by atoms with E-state index in [1.54, 1.807) is 19.2 Å². The molecule has 1 aliphatic carbocycles. The second-order valence-electron chi connectivity index (χ2n) is 8.23. The van der Waals surface area contributed by atoms with Gasteiger partial charge in [-0.15, -0.1) is 0 Å². The average Bonchev–Trinajstić information content (AvgIpc) is 3.07. The summed E-state index contributed by atoms with van der Waals surface area (Å²) in [4.78, 5) is 16.1. The lowest BCUT2D eigenvalue weighted by Crippen LogP contribution is -2.33. The van der Waals surface area contributed by atoms with Gasteiger partial charge >= 0.3 is 5.97 Å². The number of ether oxygens (including phenoxy) is 1. The number of carbonyl (C=O) groups is 1. The van der Waals surface area contributed by atoms with Crippen LogP contribution in [0.4, 0.5) is 5.88 Å². The zero-order valence-corrected chi connectivity index (χ0v) is 16.3. The van der Waals surface area contributed by atoms with E-state index in [1.807, 2.05) is 0 Å². The van der Waals surface area contributed by atoms with Gasteiger partial charge in [-0.3, -0.25) is 0 Å². The van der Waals surface area contributed by atoms with Crippen molar-refractivity contribution in [1.82, 2.24) is 0 Å². The molecule has 0 atom stereocenters. The fourth-order valence-corrected chi connectivity index (χ4v) is 3.54. The molecule has 0 fully saturated rings. The van der Waals surface area contributed by atoms with Crippen molar-refractivity contribution in [3.63, 3.8) is 0 Å². The first-order valence-corrected chi connectivity index (χ1v) is 9.18. The molecule has 0 radical (unpaired) electrons. The second-order valence-corrected chi connectivity index (χ2v) is 8.23. The van der Waals surface area contributed by atoms with Crippen molar-refractivity contribution in [2.45, 2.75) is 58.3 Å². The molecule has 0 spiro atoms. The van der Waals surface area contributed by atoms with E-state index in [4.69, 9.17) is 9.15 Å². The van der Waals surface area contributed by atoms with Crippen LogP contribution in [0.1, 0.15) is 74.5 Å². The largest absolute Gasteiger partial charge is 0.462 e. The number of carbonyl (C=O) groups excluding carboxylic acids is 1. The lowest BCUT2D eigenvalue weighted by atomic mass is 9.63. The minimum absolute atomic E-state index is 0.163. The van der Waals surface area contributed by atoms with E-state index in [0.29, 0.717) is 18.1 Å². The number of hydrogen-bond acceptors (Lipinski definition) is 4. The summed E-state index contributed by atoms with van der Waals surface area (Å²) in [5.41, 5.74) is 4.60. The van der Waals surface area contributed by atoms with E-state index in [9.17, 15) is 4.79 Å². The van der Waals surface area contributed by atoms with Crippen molar-refractivity contribution in [2.75, 3.05) is 6.61 Å². The first-order chi connectivity index (χ1) is 12.2. The molecule has 26 heavy (non-hydrogen) atoms. The monoisotopic (exact) mass is 353 g/mol. The maximum Gasteiger partial charge on any atom is 0.341 e. The molecule has 1 aromatic carbocycles. The van der Waals surface area contributed by atoms with Gasteiger partial charge in [-0.2, -0.15) is 0 Å². The molecule has 0 amide bonds. The summed E-state index contributed by atoms with van der Waals surface area (Å²) in [5.74, 6) is 0.000764. The van der Waals surface area contributed by atoms with Crippen LogP contribution in [0.5, 0.6) is 0 Å². The molecule has 3 rings (SSSR count). The Bertz CT molecular complexity index is 843. The van der Waals surface area contributed by atoms with Crippen molar-refractivity contribution < 1.29 is 13.9 Å². The van der Waals surface area contributed by atoms with Crippen LogP contribution < -0.4 is 0 Å². The van der Waals surface area contributed by atoms with E-state index in [2.05, 4.69) is 50.9 Å². The molecule has 2 aromatic rings. The minimum Gasteiger partial charge on any atom is -0.462 e. The van der Waals surface area contributed by atoms with Crippen LogP contribution in [-0.2, 0) is 15.6 Å². The van der Waals surface area contributed by atoms with E-state index >= 15 is 0 Å². The highest BCUT2D eigenvalue weighted by molar-refractivity contribution is 5.90. The predicted molar refractivity (Wildman–Crippen MR) is 104 cm³/mol. The number of nitrogens with zero attached hydrogens (tertiary/aromatic N) is 1. The van der Waals surface area contributed by atoms with Crippen molar-refractivity contribution in [3.05, 3.63) is 52.8 Å². The standard InChI is InChI=1S/C22H27NO3/c1-6-25-20(24)16-12-19(26-14-16)23-13-15-7-8-17-18(11-15)22(4,5)10-9-21(17,2)3/h7-8,11-14H,6,9-10H2,1-5H3. The number of rotatable bonds is 4. The molecule has 0 saturated carbocycles. The smallest absolute Gasteiger partial charge is 0.341 e. The van der Waals surface area contributed by atoms with Gasteiger partial charge in [0.15, 0.2) is 0 Å². The summed E-state index contributed by atoms with van der Waals surface area (Å²) in [6.07, 6.45) is 5.53. The first-order valence-electron chi connectivity index (χ1n) is 9.18. The molecule has 1 aromatic heterocycles. The van der Waals surface area contributed by atoms with Crippen LogP contribution in [0.2, 0.25) is 0 Å². The van der Waals surface area contributed by atoms with Gasteiger partial charge < -0.3 is 9.15 Å². The van der Waals surface area contributed by atoms with Crippen LogP contribution >= 0.6 is 0 Å². The molecule has 0 bridgehead atoms. The van der Waals surface area contributed by atoms with Gasteiger partial charge in [0.25, 0.3) is 0 Å². The topological polar surface area (TPSA) is 51.8 Å². The lowest BCUT2D eigenvalue weighted by molar-refractivity contribution is 0.0525. The second kappa shape index (κ2) is 6.75. The Kier molecular flexibility index (Phi) is 4.78. The van der Waals surface area contributed by atoms with Crippen molar-refractivity contribution in [3.8, 4) is 0 Å². The Morgan fingerprint density at radius 2 is 1.85 bits per heavy atom. The fourth-order valence-electron chi connectivity index (χ4n) is 3.54. The zero-order valence-electron chi connectivity index (χ0n) is 16.3. The Morgan fingerprint density at radius 1 is 1.15 bits per heavy atom. The Labute approximate surface area is 155 Å². The van der Waals surface area contributed by atoms with Crippen molar-refractivity contribution >= 4 is 18.1 Å². The Balaban J connectivity index is 1.85. The highest BCUT2D eigenvalue weighted by Gasteiger charge is 2.36. The van der Waals surface area contributed by atoms with Crippen molar-refractivity contribution in [1.29, 1.82) is 0 Å². The summed E-state index contributed by atoms with van der Waals surface area (Å²) in [6, 6.07) is 8.15. The first kappa shape index (κ1) is 18.4. The van der Waals surface area contributed by atoms with E-state index in [1.165, 1.54) is 30.2 Å². The molecular formula is C22H27NO3. The van der Waals surface area contributed by atoms with Gasteiger partial charge in [0.05, 0.1) is 6.61 Å². The maximum absolute atomic E-state index is 11.7. The molecule has 1 heterocycles. The van der Waals surface area contributed by atoms with Gasteiger partial charge in [-0.25, -0.2) is 9.79 Å². The summed E-state index contributed by atoms with van der Waals surface area (Å²) < 4.78 is 10.3. The van der Waals surface area contributed by atoms with Crippen molar-refractivity contribution in [2.24, 2.45) is 4.99 Å². The third-order valence-corrected chi connectivity index (χ3v) is 5.31. The average molecular weight is 353 g/mol. The van der Waals surface area contributed by atoms with Crippen LogP contribution in [0.3, 0.4) is 0 Å². The zero-order chi connectivity index (χ0) is 18.9. The summed E-state index contributed by atoms with van der Waals surface area (Å²) >= 11 is 0. The number of esters is 1. The fraction of sp³-hybridized carbons (Fsp3) is 0.455. The molecule has 1 aliphatic rings. The predicted octanol–water partition coefficient (Wildman–Crippen LogP) is 5.56.